The van der Waals surface area contributed by atoms with E-state index >= 15 is 0 Å². The van der Waals surface area contributed by atoms with E-state index in [1.54, 1.807) is 12.1 Å². The fourth-order valence-electron chi connectivity index (χ4n) is 1.46. The topological polar surface area (TPSA) is 91.3 Å². The Kier molecular flexibility index (Phi) is 4.31. The molecule has 0 aliphatic rings. The molecule has 0 atom stereocenters. The highest BCUT2D eigenvalue weighted by Crippen LogP contribution is 2.10. The van der Waals surface area contributed by atoms with Gasteiger partial charge in [0.25, 0.3) is 0 Å². The molecule has 2 rings (SSSR count). The minimum atomic E-state index is -1.07. The first-order valence-electron chi connectivity index (χ1n) is 5.84. The van der Waals surface area contributed by atoms with E-state index in [-0.39, 0.29) is 18.3 Å². The molecule has 1 heterocycles. The Hall–Kier alpha value is -2.41. The van der Waals surface area contributed by atoms with Crippen molar-refractivity contribution < 1.29 is 14.7 Å². The van der Waals surface area contributed by atoms with E-state index in [9.17, 15) is 9.59 Å². The number of hydrogen-bond donors (Lipinski definition) is 3. The molecule has 0 saturated carbocycles. The summed E-state index contributed by atoms with van der Waals surface area (Å²) in [6.45, 7) is 2.15. The summed E-state index contributed by atoms with van der Waals surface area (Å²) in [5.41, 5.74) is 1.80. The molecule has 0 spiro atoms. The van der Waals surface area contributed by atoms with Crippen molar-refractivity contribution in [2.45, 2.75) is 13.5 Å². The maximum atomic E-state index is 11.6. The zero-order valence-electron chi connectivity index (χ0n) is 10.7. The molecule has 1 aromatic heterocycles. The van der Waals surface area contributed by atoms with Gasteiger partial charge in [0.05, 0.1) is 6.54 Å². The predicted octanol–water partition coefficient (Wildman–Crippen LogP) is 2.47. The van der Waals surface area contributed by atoms with Crippen molar-refractivity contribution >= 4 is 29.0 Å². The van der Waals surface area contributed by atoms with E-state index < -0.39 is 5.97 Å². The van der Waals surface area contributed by atoms with Crippen LogP contribution in [0.25, 0.3) is 0 Å². The van der Waals surface area contributed by atoms with Gasteiger partial charge in [0, 0.05) is 11.1 Å². The third-order valence-electron chi connectivity index (χ3n) is 2.48. The van der Waals surface area contributed by atoms with E-state index in [1.807, 2.05) is 19.1 Å². The number of urea groups is 1. The lowest BCUT2D eigenvalue weighted by molar-refractivity contribution is 0.0691. The van der Waals surface area contributed by atoms with Crippen molar-refractivity contribution in [1.82, 2.24) is 10.3 Å². The highest BCUT2D eigenvalue weighted by Gasteiger charge is 2.09. The number of rotatable bonds is 4. The van der Waals surface area contributed by atoms with Crippen LogP contribution in [0.4, 0.5) is 10.5 Å². The lowest BCUT2D eigenvalue weighted by atomic mass is 10.2. The first-order valence-corrected chi connectivity index (χ1v) is 6.72. The van der Waals surface area contributed by atoms with Crippen LogP contribution in [0.15, 0.2) is 29.6 Å². The van der Waals surface area contributed by atoms with Crippen LogP contribution in [-0.2, 0) is 6.54 Å². The Morgan fingerprint density at radius 2 is 2.00 bits per heavy atom. The van der Waals surface area contributed by atoms with E-state index in [2.05, 4.69) is 15.6 Å². The summed E-state index contributed by atoms with van der Waals surface area (Å²) >= 11 is 1.19. The van der Waals surface area contributed by atoms with E-state index in [1.165, 1.54) is 16.7 Å². The van der Waals surface area contributed by atoms with Crippen LogP contribution < -0.4 is 10.6 Å². The van der Waals surface area contributed by atoms with Gasteiger partial charge in [-0.25, -0.2) is 14.6 Å². The summed E-state index contributed by atoms with van der Waals surface area (Å²) in [5, 5.41) is 16.0. The summed E-state index contributed by atoms with van der Waals surface area (Å²) < 4.78 is 0. The highest BCUT2D eigenvalue weighted by atomic mass is 32.1. The molecule has 7 heteroatoms. The number of amides is 2. The van der Waals surface area contributed by atoms with Gasteiger partial charge in [-0.2, -0.15) is 0 Å². The number of aryl methyl sites for hydroxylation is 1. The van der Waals surface area contributed by atoms with Crippen molar-refractivity contribution in [3.63, 3.8) is 0 Å². The van der Waals surface area contributed by atoms with Gasteiger partial charge in [-0.1, -0.05) is 17.7 Å². The first-order chi connectivity index (χ1) is 9.54. The molecule has 0 unspecified atom stereocenters. The SMILES string of the molecule is Cc1ccc(NC(=O)NCc2nc(C(=O)O)cs2)cc1. The maximum absolute atomic E-state index is 11.6. The van der Waals surface area contributed by atoms with Crippen LogP contribution >= 0.6 is 11.3 Å². The summed E-state index contributed by atoms with van der Waals surface area (Å²) in [6.07, 6.45) is 0. The van der Waals surface area contributed by atoms with Gasteiger partial charge in [0.1, 0.15) is 5.01 Å². The van der Waals surface area contributed by atoms with Crippen LogP contribution in [0.2, 0.25) is 0 Å². The number of thiazole rings is 1. The Morgan fingerprint density at radius 3 is 2.60 bits per heavy atom. The number of nitrogens with zero attached hydrogens (tertiary/aromatic N) is 1. The second kappa shape index (κ2) is 6.16. The second-order valence-electron chi connectivity index (χ2n) is 4.11. The Balaban J connectivity index is 1.85. The number of aromatic nitrogens is 1. The number of carboxylic acids is 1. The van der Waals surface area contributed by atoms with Crippen molar-refractivity contribution in [3.05, 3.63) is 45.9 Å². The molecule has 104 valence electrons. The smallest absolute Gasteiger partial charge is 0.355 e. The Bertz CT molecular complexity index is 622. The van der Waals surface area contributed by atoms with Crippen molar-refractivity contribution in [3.8, 4) is 0 Å². The molecule has 20 heavy (non-hydrogen) atoms. The molecular formula is C13H13N3O3S. The van der Waals surface area contributed by atoms with Crippen molar-refractivity contribution in [2.75, 3.05) is 5.32 Å². The minimum absolute atomic E-state index is 0.00857. The number of nitrogens with one attached hydrogen (secondary N) is 2. The molecule has 0 fully saturated rings. The number of hydrogen-bond acceptors (Lipinski definition) is 4. The summed E-state index contributed by atoms with van der Waals surface area (Å²) in [5.74, 6) is -1.07. The summed E-state index contributed by atoms with van der Waals surface area (Å²) in [6, 6.07) is 7.05. The molecule has 0 aliphatic heterocycles. The molecule has 1 aromatic carbocycles. The van der Waals surface area contributed by atoms with Gasteiger partial charge in [-0.3, -0.25) is 0 Å². The van der Waals surface area contributed by atoms with Gasteiger partial charge in [0.2, 0.25) is 0 Å². The molecule has 0 saturated heterocycles. The highest BCUT2D eigenvalue weighted by molar-refractivity contribution is 7.09. The number of aromatic carboxylic acids is 1. The van der Waals surface area contributed by atoms with E-state index in [4.69, 9.17) is 5.11 Å². The molecule has 6 nitrogen and oxygen atoms in total. The average Bonchev–Trinajstić information content (AvgIpc) is 2.88. The molecule has 0 bridgehead atoms. The van der Waals surface area contributed by atoms with Crippen LogP contribution in [0.1, 0.15) is 21.1 Å². The Labute approximate surface area is 119 Å². The second-order valence-corrected chi connectivity index (χ2v) is 5.05. The van der Waals surface area contributed by atoms with Gasteiger partial charge in [-0.05, 0) is 19.1 Å². The fraction of sp³-hybridized carbons (Fsp3) is 0.154. The third kappa shape index (κ3) is 3.79. The maximum Gasteiger partial charge on any atom is 0.355 e. The van der Waals surface area contributed by atoms with Crippen LogP contribution in [0, 0.1) is 6.92 Å². The van der Waals surface area contributed by atoms with Gasteiger partial charge in [-0.15, -0.1) is 11.3 Å². The van der Waals surface area contributed by atoms with E-state index in [0.717, 1.165) is 5.56 Å². The zero-order valence-corrected chi connectivity index (χ0v) is 11.5. The molecular weight excluding hydrogens is 278 g/mol. The van der Waals surface area contributed by atoms with Gasteiger partial charge in [0.15, 0.2) is 5.69 Å². The molecule has 2 amide bonds. The van der Waals surface area contributed by atoms with Crippen LogP contribution in [0.5, 0.6) is 0 Å². The van der Waals surface area contributed by atoms with E-state index in [0.29, 0.717) is 10.7 Å². The minimum Gasteiger partial charge on any atom is -0.476 e. The number of carbonyl (C=O) groups is 2. The third-order valence-corrected chi connectivity index (χ3v) is 3.33. The number of carboxylic acid groups (broad SMARTS) is 1. The molecule has 2 aromatic rings. The first kappa shape index (κ1) is 14.0. The summed E-state index contributed by atoms with van der Waals surface area (Å²) in [7, 11) is 0. The largest absolute Gasteiger partial charge is 0.476 e. The predicted molar refractivity (Wildman–Crippen MR) is 76.1 cm³/mol. The van der Waals surface area contributed by atoms with Crippen molar-refractivity contribution in [1.29, 1.82) is 0 Å². The standard InChI is InChI=1S/C13H13N3O3S/c1-8-2-4-9(5-3-8)15-13(19)14-6-11-16-10(7-20-11)12(17)18/h2-5,7H,6H2,1H3,(H,17,18)(H2,14,15,19). The molecule has 0 aliphatic carbocycles. The number of anilines is 1. The fourth-order valence-corrected chi connectivity index (χ4v) is 2.17. The summed E-state index contributed by atoms with van der Waals surface area (Å²) in [4.78, 5) is 26.2. The normalized spacial score (nSPS) is 10.1. The lowest BCUT2D eigenvalue weighted by Crippen LogP contribution is -2.28. The number of carbonyl (C=O) groups excluding carboxylic acids is 1. The zero-order chi connectivity index (χ0) is 14.5. The van der Waals surface area contributed by atoms with Crippen LogP contribution in [-0.4, -0.2) is 22.1 Å². The monoisotopic (exact) mass is 291 g/mol. The van der Waals surface area contributed by atoms with Crippen molar-refractivity contribution in [2.24, 2.45) is 0 Å². The Morgan fingerprint density at radius 1 is 1.30 bits per heavy atom. The molecule has 3 N–H and O–H groups in total. The quantitative estimate of drug-likeness (QED) is 0.807. The lowest BCUT2D eigenvalue weighted by Gasteiger charge is -2.06. The average molecular weight is 291 g/mol. The number of benzene rings is 1. The van der Waals surface area contributed by atoms with Gasteiger partial charge < -0.3 is 15.7 Å². The molecule has 0 radical (unpaired) electrons. The van der Waals surface area contributed by atoms with Crippen LogP contribution in [0.3, 0.4) is 0 Å². The van der Waals surface area contributed by atoms with Gasteiger partial charge >= 0.3 is 12.0 Å².